The number of aliphatic hydroxyl groups excluding tert-OH is 1. The van der Waals surface area contributed by atoms with Crippen LogP contribution in [0.4, 0.5) is 4.39 Å². The molecule has 0 saturated heterocycles. The van der Waals surface area contributed by atoms with Gasteiger partial charge in [0.15, 0.2) is 17.9 Å². The van der Waals surface area contributed by atoms with Crippen LogP contribution in [0.2, 0.25) is 0 Å². The van der Waals surface area contributed by atoms with Crippen LogP contribution in [0.3, 0.4) is 0 Å². The highest BCUT2D eigenvalue weighted by atomic mass is 19.1. The summed E-state index contributed by atoms with van der Waals surface area (Å²) in [6.45, 7) is 12.4. The predicted molar refractivity (Wildman–Crippen MR) is 139 cm³/mol. The van der Waals surface area contributed by atoms with Crippen molar-refractivity contribution in [1.29, 1.82) is 0 Å². The van der Waals surface area contributed by atoms with Gasteiger partial charge in [0, 0.05) is 35.5 Å². The molecule has 0 unspecified atom stereocenters. The second-order valence-corrected chi connectivity index (χ2v) is 11.4. The van der Waals surface area contributed by atoms with Crippen LogP contribution in [0.1, 0.15) is 93.4 Å². The number of rotatable bonds is 6. The maximum Gasteiger partial charge on any atom is 0.306 e. The molecular weight excluding hydrogens is 475 g/mol. The zero-order chi connectivity index (χ0) is 27.8. The Bertz CT molecular complexity index is 973. The summed E-state index contributed by atoms with van der Waals surface area (Å²) >= 11 is 0. The Balaban J connectivity index is 0.00000186. The summed E-state index contributed by atoms with van der Waals surface area (Å²) in [6.07, 6.45) is 7.34. The van der Waals surface area contributed by atoms with Gasteiger partial charge in [-0.3, -0.25) is 14.4 Å². The van der Waals surface area contributed by atoms with E-state index in [1.807, 2.05) is 46.8 Å². The number of Topliss-reactive ketones (excluding diaryl/α,β-unsaturated/α-hetero) is 1. The molecule has 1 N–H and O–H groups in total. The fourth-order valence-electron chi connectivity index (χ4n) is 8.14. The van der Waals surface area contributed by atoms with Crippen LogP contribution in [0.5, 0.6) is 0 Å². The molecule has 4 aliphatic rings. The van der Waals surface area contributed by atoms with Gasteiger partial charge < -0.3 is 14.6 Å². The van der Waals surface area contributed by atoms with E-state index in [-0.39, 0.29) is 25.2 Å². The topological polar surface area (TPSA) is 89.9 Å². The molecule has 37 heavy (non-hydrogen) atoms. The second kappa shape index (κ2) is 10.6. The summed E-state index contributed by atoms with van der Waals surface area (Å²) in [5, 5.41) is 11.6. The number of halogens is 1. The van der Waals surface area contributed by atoms with E-state index in [0.717, 1.165) is 18.4 Å². The molecule has 7 heteroatoms. The second-order valence-electron chi connectivity index (χ2n) is 11.4. The Morgan fingerprint density at radius 1 is 1.11 bits per heavy atom. The van der Waals surface area contributed by atoms with Crippen molar-refractivity contribution < 1.29 is 33.4 Å². The number of hydrogen-bond acceptors (Lipinski definition) is 6. The highest BCUT2D eigenvalue weighted by Gasteiger charge is 2.77. The molecule has 3 saturated carbocycles. The molecule has 3 fully saturated rings. The summed E-state index contributed by atoms with van der Waals surface area (Å²) in [5.41, 5.74) is -4.37. The average Bonchev–Trinajstić information content (AvgIpc) is 3.10. The molecule has 6 nitrogen and oxygen atoms in total. The number of allylic oxidation sites excluding steroid dienone is 4. The summed E-state index contributed by atoms with van der Waals surface area (Å²) in [7, 11) is 0. The van der Waals surface area contributed by atoms with Gasteiger partial charge in [-0.2, -0.15) is 0 Å². The van der Waals surface area contributed by atoms with Gasteiger partial charge in [-0.25, -0.2) is 4.39 Å². The Morgan fingerprint density at radius 2 is 1.76 bits per heavy atom. The third kappa shape index (κ3) is 4.11. The van der Waals surface area contributed by atoms with Crippen molar-refractivity contribution in [2.24, 2.45) is 28.6 Å². The van der Waals surface area contributed by atoms with Gasteiger partial charge >= 0.3 is 11.9 Å². The van der Waals surface area contributed by atoms with Crippen molar-refractivity contribution in [3.63, 3.8) is 0 Å². The monoisotopic (exact) mass is 520 g/mol. The minimum absolute atomic E-state index is 0.0177. The van der Waals surface area contributed by atoms with Gasteiger partial charge in [0.1, 0.15) is 0 Å². The SMILES string of the molecule is CC.CCC(=O)OCC(=O)[C@@]1(OC(=O)CC)[C@@H](C)C[C@H]2[C@@H]3CCC4=CCC=C[C@]4(C)[C@@]3(F)[C@@H](O)C[C@@]21C. The molecule has 0 amide bonds. The van der Waals surface area contributed by atoms with Gasteiger partial charge in [-0.15, -0.1) is 0 Å². The molecular formula is C30H45FO6. The van der Waals surface area contributed by atoms with Crippen molar-refractivity contribution in [2.75, 3.05) is 6.61 Å². The first-order chi connectivity index (χ1) is 17.4. The van der Waals surface area contributed by atoms with Crippen LogP contribution < -0.4 is 0 Å². The fourth-order valence-corrected chi connectivity index (χ4v) is 8.14. The van der Waals surface area contributed by atoms with E-state index in [4.69, 9.17) is 9.47 Å². The fraction of sp³-hybridized carbons (Fsp3) is 0.767. The number of alkyl halides is 1. The van der Waals surface area contributed by atoms with E-state index < -0.39 is 64.4 Å². The Hall–Kier alpha value is -2.02. The van der Waals surface area contributed by atoms with Crippen LogP contribution in [0.25, 0.3) is 0 Å². The highest BCUT2D eigenvalue weighted by Crippen LogP contribution is 2.71. The maximum absolute atomic E-state index is 17.3. The lowest BCUT2D eigenvalue weighted by atomic mass is 9.44. The number of ether oxygens (including phenoxy) is 2. The number of esters is 2. The lowest BCUT2D eigenvalue weighted by Crippen LogP contribution is -2.70. The number of ketones is 1. The molecule has 8 atom stereocenters. The lowest BCUT2D eigenvalue weighted by molar-refractivity contribution is -0.228. The standard InChI is InChI=1S/C28H39FO6.C2H6/c1-6-23(32)34-16-22(31)28(35-24(33)7-2)17(3)14-20-19-12-11-18-10-8-9-13-25(18,4)27(19,29)21(30)15-26(20,28)5;1-2/h9-10,13,17,19-21,30H,6-8,11-12,14-16H2,1-5H3;1-2H3/t17-,19-,20-,21-,25-,26-,27-,28-;/m0./s1. The highest BCUT2D eigenvalue weighted by molar-refractivity contribution is 5.93. The van der Waals surface area contributed by atoms with Crippen molar-refractivity contribution in [2.45, 2.75) is 111 Å². The minimum atomic E-state index is -1.89. The number of aliphatic hydroxyl groups is 1. The normalized spacial score (nSPS) is 41.7. The van der Waals surface area contributed by atoms with Crippen molar-refractivity contribution in [1.82, 2.24) is 0 Å². The Labute approximate surface area is 221 Å². The average molecular weight is 521 g/mol. The van der Waals surface area contributed by atoms with Gasteiger partial charge in [0.2, 0.25) is 5.78 Å². The van der Waals surface area contributed by atoms with Gasteiger partial charge in [0.05, 0.1) is 6.10 Å². The first-order valence-electron chi connectivity index (χ1n) is 14.1. The predicted octanol–water partition coefficient (Wildman–Crippen LogP) is 5.66. The van der Waals surface area contributed by atoms with Gasteiger partial charge in [-0.05, 0) is 44.9 Å². The number of carbonyl (C=O) groups is 3. The molecule has 0 aromatic rings. The molecule has 0 aliphatic heterocycles. The molecule has 0 heterocycles. The molecule has 0 aromatic carbocycles. The summed E-state index contributed by atoms with van der Waals surface area (Å²) < 4.78 is 28.5. The minimum Gasteiger partial charge on any atom is -0.457 e. The smallest absolute Gasteiger partial charge is 0.306 e. The molecule has 0 spiro atoms. The van der Waals surface area contributed by atoms with Crippen molar-refractivity contribution in [3.05, 3.63) is 23.8 Å². The number of fused-ring (bicyclic) bond motifs is 5. The Kier molecular flexibility index (Phi) is 8.48. The van der Waals surface area contributed by atoms with E-state index in [0.29, 0.717) is 12.8 Å². The molecule has 0 aromatic heterocycles. The van der Waals surface area contributed by atoms with Crippen LogP contribution in [-0.4, -0.2) is 46.8 Å². The number of carbonyl (C=O) groups excluding carboxylic acids is 3. The summed E-state index contributed by atoms with van der Waals surface area (Å²) in [6, 6.07) is 0. The molecule has 208 valence electrons. The van der Waals surface area contributed by atoms with E-state index in [1.165, 1.54) is 0 Å². The van der Waals surface area contributed by atoms with E-state index in [2.05, 4.69) is 6.08 Å². The van der Waals surface area contributed by atoms with Crippen LogP contribution in [0.15, 0.2) is 23.8 Å². The zero-order valence-electron chi connectivity index (χ0n) is 23.6. The lowest BCUT2D eigenvalue weighted by Gasteiger charge is -2.63. The summed E-state index contributed by atoms with van der Waals surface area (Å²) in [5.74, 6) is -2.74. The van der Waals surface area contributed by atoms with Gasteiger partial charge in [-0.1, -0.05) is 65.3 Å². The number of hydrogen-bond donors (Lipinski definition) is 1. The third-order valence-electron chi connectivity index (χ3n) is 9.87. The van der Waals surface area contributed by atoms with E-state index in [1.54, 1.807) is 13.8 Å². The van der Waals surface area contributed by atoms with Crippen LogP contribution in [0, 0.1) is 28.6 Å². The molecule has 4 aliphatic carbocycles. The third-order valence-corrected chi connectivity index (χ3v) is 9.87. The van der Waals surface area contributed by atoms with Crippen molar-refractivity contribution in [3.8, 4) is 0 Å². The van der Waals surface area contributed by atoms with Gasteiger partial charge in [0.25, 0.3) is 0 Å². The molecule has 0 bridgehead atoms. The largest absolute Gasteiger partial charge is 0.457 e. The van der Waals surface area contributed by atoms with Crippen molar-refractivity contribution >= 4 is 17.7 Å². The van der Waals surface area contributed by atoms with Crippen LogP contribution >= 0.6 is 0 Å². The Morgan fingerprint density at radius 3 is 2.38 bits per heavy atom. The maximum atomic E-state index is 17.3. The molecule has 4 rings (SSSR count). The first kappa shape index (κ1) is 29.5. The quantitative estimate of drug-likeness (QED) is 0.359. The van der Waals surface area contributed by atoms with E-state index >= 15 is 4.39 Å². The first-order valence-corrected chi connectivity index (χ1v) is 14.1. The molecule has 0 radical (unpaired) electrons. The van der Waals surface area contributed by atoms with E-state index in [9.17, 15) is 19.5 Å². The van der Waals surface area contributed by atoms with Crippen LogP contribution in [-0.2, 0) is 23.9 Å². The summed E-state index contributed by atoms with van der Waals surface area (Å²) in [4.78, 5) is 38.3. The zero-order valence-corrected chi connectivity index (χ0v) is 23.6.